The Bertz CT molecular complexity index is 569. The Hall–Kier alpha value is -1.90. The van der Waals surface area contributed by atoms with Gasteiger partial charge < -0.3 is 10.0 Å². The second-order valence-corrected chi connectivity index (χ2v) is 5.06. The van der Waals surface area contributed by atoms with E-state index < -0.39 is 0 Å². The van der Waals surface area contributed by atoms with Crippen molar-refractivity contribution in [1.82, 2.24) is 9.80 Å². The van der Waals surface area contributed by atoms with E-state index in [1.807, 2.05) is 4.90 Å². The first kappa shape index (κ1) is 15.5. The molecule has 0 saturated carbocycles. The molecular formula is C16H19FN2O2. The van der Waals surface area contributed by atoms with Gasteiger partial charge in [-0.2, -0.15) is 0 Å². The Balaban J connectivity index is 1.99. The van der Waals surface area contributed by atoms with Gasteiger partial charge in [-0.3, -0.25) is 9.69 Å². The molecule has 1 N–H and O–H groups in total. The van der Waals surface area contributed by atoms with Crippen molar-refractivity contribution in [2.24, 2.45) is 0 Å². The third-order valence-corrected chi connectivity index (χ3v) is 3.56. The number of benzene rings is 1. The average molecular weight is 290 g/mol. The van der Waals surface area contributed by atoms with E-state index in [2.05, 4.69) is 16.7 Å². The van der Waals surface area contributed by atoms with Crippen LogP contribution in [0.25, 0.3) is 0 Å². The molecule has 1 aliphatic rings. The normalized spacial score (nSPS) is 15.5. The van der Waals surface area contributed by atoms with Gasteiger partial charge in [-0.25, -0.2) is 4.39 Å². The van der Waals surface area contributed by atoms with Crippen LogP contribution in [0.3, 0.4) is 0 Å². The van der Waals surface area contributed by atoms with Gasteiger partial charge in [0.1, 0.15) is 12.4 Å². The molecule has 0 aliphatic carbocycles. The van der Waals surface area contributed by atoms with Crippen molar-refractivity contribution >= 4 is 5.91 Å². The topological polar surface area (TPSA) is 43.8 Å². The predicted molar refractivity (Wildman–Crippen MR) is 77.9 cm³/mol. The highest BCUT2D eigenvalue weighted by Gasteiger charge is 2.18. The van der Waals surface area contributed by atoms with E-state index in [0.717, 1.165) is 31.7 Å². The van der Waals surface area contributed by atoms with Crippen LogP contribution in [0.5, 0.6) is 0 Å². The zero-order valence-electron chi connectivity index (χ0n) is 12.1. The number of aliphatic hydroxyl groups excluding tert-OH is 1. The zero-order chi connectivity index (χ0) is 15.2. The number of halogens is 1. The number of hydrogen-bond donors (Lipinski definition) is 1. The smallest absolute Gasteiger partial charge is 0.219 e. The van der Waals surface area contributed by atoms with Gasteiger partial charge in [0.15, 0.2) is 0 Å². The lowest BCUT2D eigenvalue weighted by Gasteiger charge is -2.34. The van der Waals surface area contributed by atoms with Gasteiger partial charge in [-0.05, 0) is 17.7 Å². The average Bonchev–Trinajstić information content (AvgIpc) is 2.48. The van der Waals surface area contributed by atoms with Crippen LogP contribution in [0.2, 0.25) is 0 Å². The molecule has 112 valence electrons. The molecule has 1 amide bonds. The molecule has 4 nitrogen and oxygen atoms in total. The molecule has 0 unspecified atom stereocenters. The van der Waals surface area contributed by atoms with Crippen molar-refractivity contribution < 1.29 is 14.3 Å². The molecular weight excluding hydrogens is 271 g/mol. The van der Waals surface area contributed by atoms with Crippen LogP contribution in [0, 0.1) is 17.7 Å². The highest BCUT2D eigenvalue weighted by molar-refractivity contribution is 5.73. The highest BCUT2D eigenvalue weighted by atomic mass is 19.1. The van der Waals surface area contributed by atoms with Gasteiger partial charge >= 0.3 is 0 Å². The van der Waals surface area contributed by atoms with Crippen LogP contribution in [0.4, 0.5) is 4.39 Å². The summed E-state index contributed by atoms with van der Waals surface area (Å²) >= 11 is 0. The largest absolute Gasteiger partial charge is 0.384 e. The van der Waals surface area contributed by atoms with Crippen molar-refractivity contribution in [3.8, 4) is 11.8 Å². The van der Waals surface area contributed by atoms with Gasteiger partial charge in [0, 0.05) is 39.6 Å². The van der Waals surface area contributed by atoms with E-state index >= 15 is 0 Å². The molecule has 1 heterocycles. The molecule has 21 heavy (non-hydrogen) atoms. The maximum absolute atomic E-state index is 13.6. The minimum Gasteiger partial charge on any atom is -0.384 e. The Morgan fingerprint density at radius 3 is 2.67 bits per heavy atom. The van der Waals surface area contributed by atoms with Crippen LogP contribution >= 0.6 is 0 Å². The fourth-order valence-corrected chi connectivity index (χ4v) is 2.38. The fraction of sp³-hybridized carbons (Fsp3) is 0.438. The first-order chi connectivity index (χ1) is 10.1. The SMILES string of the molecule is CC(=O)N1CCN(Cc2ccc(F)c(C#CCO)c2)CC1. The number of aliphatic hydroxyl groups is 1. The van der Waals surface area contributed by atoms with Crippen molar-refractivity contribution in [2.45, 2.75) is 13.5 Å². The minimum atomic E-state index is -0.374. The Morgan fingerprint density at radius 1 is 1.33 bits per heavy atom. The number of hydrogen-bond acceptors (Lipinski definition) is 3. The van der Waals surface area contributed by atoms with Crippen LogP contribution in [-0.2, 0) is 11.3 Å². The summed E-state index contributed by atoms with van der Waals surface area (Å²) in [6.07, 6.45) is 0. The molecule has 0 spiro atoms. The molecule has 0 aromatic heterocycles. The number of rotatable bonds is 2. The van der Waals surface area contributed by atoms with Crippen molar-refractivity contribution in [3.63, 3.8) is 0 Å². The highest BCUT2D eigenvalue weighted by Crippen LogP contribution is 2.13. The van der Waals surface area contributed by atoms with Crippen LogP contribution in [0.15, 0.2) is 18.2 Å². The Morgan fingerprint density at radius 2 is 2.05 bits per heavy atom. The van der Waals surface area contributed by atoms with Gasteiger partial charge in [0.2, 0.25) is 5.91 Å². The van der Waals surface area contributed by atoms with Crippen LogP contribution < -0.4 is 0 Å². The maximum atomic E-state index is 13.6. The summed E-state index contributed by atoms with van der Waals surface area (Å²) in [5.74, 6) is 4.81. The molecule has 2 rings (SSSR count). The van der Waals surface area contributed by atoms with Crippen molar-refractivity contribution in [2.75, 3.05) is 32.8 Å². The van der Waals surface area contributed by atoms with Gasteiger partial charge in [0.25, 0.3) is 0 Å². The molecule has 0 radical (unpaired) electrons. The third kappa shape index (κ3) is 4.28. The van der Waals surface area contributed by atoms with E-state index in [1.54, 1.807) is 19.1 Å². The van der Waals surface area contributed by atoms with Gasteiger partial charge in [0.05, 0.1) is 5.56 Å². The summed E-state index contributed by atoms with van der Waals surface area (Å²) in [7, 11) is 0. The van der Waals surface area contributed by atoms with E-state index in [0.29, 0.717) is 12.1 Å². The standard InChI is InChI=1S/C16H19FN2O2/c1-13(21)19-8-6-18(7-9-19)12-14-4-5-16(17)15(11-14)3-2-10-20/h4-5,11,20H,6-10,12H2,1H3. The molecule has 5 heteroatoms. The number of carbonyl (C=O) groups is 1. The molecule has 1 saturated heterocycles. The summed E-state index contributed by atoms with van der Waals surface area (Å²) < 4.78 is 13.6. The van der Waals surface area contributed by atoms with Crippen LogP contribution in [-0.4, -0.2) is 53.6 Å². The second-order valence-electron chi connectivity index (χ2n) is 5.06. The molecule has 0 atom stereocenters. The second kappa shape index (κ2) is 7.21. The lowest BCUT2D eigenvalue weighted by Crippen LogP contribution is -2.47. The van der Waals surface area contributed by atoms with Gasteiger partial charge in [-0.15, -0.1) is 0 Å². The maximum Gasteiger partial charge on any atom is 0.219 e. The molecule has 1 aromatic carbocycles. The monoisotopic (exact) mass is 290 g/mol. The van der Waals surface area contributed by atoms with E-state index in [9.17, 15) is 9.18 Å². The van der Waals surface area contributed by atoms with E-state index in [1.165, 1.54) is 6.07 Å². The third-order valence-electron chi connectivity index (χ3n) is 3.56. The molecule has 1 aromatic rings. The molecule has 1 fully saturated rings. The summed E-state index contributed by atoms with van der Waals surface area (Å²) in [5, 5.41) is 8.68. The van der Waals surface area contributed by atoms with E-state index in [-0.39, 0.29) is 18.3 Å². The Kier molecular flexibility index (Phi) is 5.32. The molecule has 1 aliphatic heterocycles. The summed E-state index contributed by atoms with van der Waals surface area (Å²) in [6.45, 7) is 5.10. The van der Waals surface area contributed by atoms with Gasteiger partial charge in [-0.1, -0.05) is 17.9 Å². The Labute approximate surface area is 124 Å². The first-order valence-electron chi connectivity index (χ1n) is 6.96. The van der Waals surface area contributed by atoms with Crippen molar-refractivity contribution in [3.05, 3.63) is 35.1 Å². The fourth-order valence-electron chi connectivity index (χ4n) is 2.38. The summed E-state index contributed by atoms with van der Waals surface area (Å²) in [4.78, 5) is 15.3. The zero-order valence-corrected chi connectivity index (χ0v) is 12.1. The molecule has 0 bridgehead atoms. The predicted octanol–water partition coefficient (Wildman–Crippen LogP) is 0.834. The summed E-state index contributed by atoms with van der Waals surface area (Å²) in [5.41, 5.74) is 1.29. The minimum absolute atomic E-state index is 0.109. The lowest BCUT2D eigenvalue weighted by molar-refractivity contribution is -0.130. The summed E-state index contributed by atoms with van der Waals surface area (Å²) in [6, 6.07) is 4.87. The number of carbonyl (C=O) groups excluding carboxylic acids is 1. The first-order valence-corrected chi connectivity index (χ1v) is 6.96. The number of nitrogens with zero attached hydrogens (tertiary/aromatic N) is 2. The lowest BCUT2D eigenvalue weighted by atomic mass is 10.1. The quantitative estimate of drug-likeness (QED) is 0.821. The number of amides is 1. The number of piperazine rings is 1. The van der Waals surface area contributed by atoms with Crippen LogP contribution in [0.1, 0.15) is 18.1 Å². The van der Waals surface area contributed by atoms with Crippen molar-refractivity contribution in [1.29, 1.82) is 0 Å². The van der Waals surface area contributed by atoms with E-state index in [4.69, 9.17) is 5.11 Å².